The number of benzene rings is 1. The Morgan fingerprint density at radius 1 is 1.33 bits per heavy atom. The average molecular weight is 536 g/mol. The number of nitrogens with zero attached hydrogens (tertiary/aromatic N) is 4. The van der Waals surface area contributed by atoms with Crippen LogP contribution in [0.3, 0.4) is 0 Å². The molecule has 0 aliphatic carbocycles. The topological polar surface area (TPSA) is 110 Å². The van der Waals surface area contributed by atoms with Gasteiger partial charge >= 0.3 is 6.09 Å². The lowest BCUT2D eigenvalue weighted by molar-refractivity contribution is -0.0621. The highest BCUT2D eigenvalue weighted by atomic mass is 35.5. The van der Waals surface area contributed by atoms with Gasteiger partial charge in [0.25, 0.3) is 0 Å². The van der Waals surface area contributed by atoms with Gasteiger partial charge in [-0.15, -0.1) is 10.2 Å². The summed E-state index contributed by atoms with van der Waals surface area (Å²) in [4.78, 5) is 17.2. The summed E-state index contributed by atoms with van der Waals surface area (Å²) >= 11 is 7.74. The molecule has 12 heteroatoms. The van der Waals surface area contributed by atoms with Crippen LogP contribution < -0.4 is 10.1 Å². The molecule has 4 rings (SSSR count). The van der Waals surface area contributed by atoms with E-state index in [-0.39, 0.29) is 23.4 Å². The first-order valence-electron chi connectivity index (χ1n) is 11.3. The van der Waals surface area contributed by atoms with Crippen molar-refractivity contribution >= 4 is 34.8 Å². The van der Waals surface area contributed by atoms with Crippen molar-refractivity contribution in [1.82, 2.24) is 20.1 Å². The first-order chi connectivity index (χ1) is 17.0. The molecular formula is C24H27ClFN5O4S. The van der Waals surface area contributed by atoms with E-state index in [2.05, 4.69) is 20.5 Å². The molecule has 0 bridgehead atoms. The number of rotatable bonds is 7. The Labute approximate surface area is 217 Å². The van der Waals surface area contributed by atoms with Crippen molar-refractivity contribution in [3.8, 4) is 26.9 Å². The number of amides is 1. The Kier molecular flexibility index (Phi) is 7.35. The minimum absolute atomic E-state index is 0.0886. The minimum atomic E-state index is -1.14. The summed E-state index contributed by atoms with van der Waals surface area (Å²) in [6, 6.07) is 5.91. The number of anilines is 1. The lowest BCUT2D eigenvalue weighted by Gasteiger charge is -2.30. The maximum Gasteiger partial charge on any atom is 0.410 e. The number of hydrogen-bond donors (Lipinski definition) is 2. The number of pyridine rings is 1. The van der Waals surface area contributed by atoms with Crippen LogP contribution in [0.1, 0.15) is 34.6 Å². The van der Waals surface area contributed by atoms with Gasteiger partial charge in [-0.05, 0) is 52.8 Å². The first kappa shape index (κ1) is 26.1. The van der Waals surface area contributed by atoms with E-state index in [1.165, 1.54) is 28.4 Å². The predicted octanol–water partition coefficient (Wildman–Crippen LogP) is 5.76. The van der Waals surface area contributed by atoms with Gasteiger partial charge in [0.15, 0.2) is 11.6 Å². The maximum atomic E-state index is 15.0. The Morgan fingerprint density at radius 2 is 2.06 bits per heavy atom. The molecule has 2 unspecified atom stereocenters. The normalized spacial score (nSPS) is 19.1. The van der Waals surface area contributed by atoms with Crippen LogP contribution in [0.2, 0.25) is 5.02 Å². The molecule has 192 valence electrons. The molecule has 1 fully saturated rings. The molecular weight excluding hydrogens is 509 g/mol. The van der Waals surface area contributed by atoms with E-state index >= 15 is 0 Å². The number of nitrogens with one attached hydrogen (secondary N) is 1. The molecule has 36 heavy (non-hydrogen) atoms. The second-order valence-corrected chi connectivity index (χ2v) is 10.6. The zero-order valence-electron chi connectivity index (χ0n) is 20.5. The zero-order valence-corrected chi connectivity index (χ0v) is 22.0. The number of halogens is 2. The Hall–Kier alpha value is -3.02. The highest BCUT2D eigenvalue weighted by Gasteiger charge is 2.48. The summed E-state index contributed by atoms with van der Waals surface area (Å²) in [5.74, 6) is -0.0166. The number of ether oxygens (including phenoxy) is 2. The van der Waals surface area contributed by atoms with Gasteiger partial charge in [0, 0.05) is 29.4 Å². The van der Waals surface area contributed by atoms with Crippen molar-refractivity contribution < 1.29 is 23.8 Å². The molecule has 0 spiro atoms. The molecule has 3 heterocycles. The van der Waals surface area contributed by atoms with Gasteiger partial charge in [0.2, 0.25) is 0 Å². The van der Waals surface area contributed by atoms with Crippen LogP contribution in [0.25, 0.3) is 21.1 Å². The Balaban J connectivity index is 1.53. The Bertz CT molecular complexity index is 1270. The summed E-state index contributed by atoms with van der Waals surface area (Å²) in [5.41, 5.74) is 0.188. The van der Waals surface area contributed by atoms with Crippen molar-refractivity contribution in [2.45, 2.75) is 58.5 Å². The van der Waals surface area contributed by atoms with Gasteiger partial charge in [-0.3, -0.25) is 4.90 Å². The number of hydrogen-bond acceptors (Lipinski definition) is 8. The second kappa shape index (κ2) is 10.2. The summed E-state index contributed by atoms with van der Waals surface area (Å²) in [7, 11) is 0. The van der Waals surface area contributed by atoms with Gasteiger partial charge in [-0.2, -0.15) is 0 Å². The number of aromatic nitrogens is 3. The van der Waals surface area contributed by atoms with E-state index in [9.17, 15) is 14.3 Å². The highest BCUT2D eigenvalue weighted by Crippen LogP contribution is 2.38. The SMILES string of the molecule is CC(C)Nc1cc(-c2nnc(-c3cc(F)c(OCC4C(C)OC(C)(C)N4C(=O)O)cc3Cl)s2)ccn1. The molecule has 1 aromatic carbocycles. The summed E-state index contributed by atoms with van der Waals surface area (Å²) in [6.45, 7) is 9.02. The molecule has 1 aliphatic rings. The van der Waals surface area contributed by atoms with Crippen LogP contribution in [-0.2, 0) is 4.74 Å². The predicted molar refractivity (Wildman–Crippen MR) is 136 cm³/mol. The van der Waals surface area contributed by atoms with Gasteiger partial charge in [0.05, 0.1) is 17.2 Å². The molecule has 2 N–H and O–H groups in total. The molecule has 1 saturated heterocycles. The van der Waals surface area contributed by atoms with E-state index in [0.717, 1.165) is 11.4 Å². The summed E-state index contributed by atoms with van der Waals surface area (Å²) < 4.78 is 26.4. The number of carboxylic acid groups (broad SMARTS) is 1. The molecule has 0 radical (unpaired) electrons. The van der Waals surface area contributed by atoms with Gasteiger partial charge in [0.1, 0.15) is 28.2 Å². The molecule has 9 nitrogen and oxygen atoms in total. The van der Waals surface area contributed by atoms with Crippen LogP contribution in [0.5, 0.6) is 5.75 Å². The summed E-state index contributed by atoms with van der Waals surface area (Å²) in [6.07, 6.45) is 0.112. The van der Waals surface area contributed by atoms with Crippen LogP contribution in [0, 0.1) is 5.82 Å². The number of carbonyl (C=O) groups is 1. The quantitative estimate of drug-likeness (QED) is 0.393. The van der Waals surface area contributed by atoms with Gasteiger partial charge in [-0.1, -0.05) is 22.9 Å². The van der Waals surface area contributed by atoms with Crippen molar-refractivity contribution in [3.63, 3.8) is 0 Å². The monoisotopic (exact) mass is 535 g/mol. The maximum absolute atomic E-state index is 15.0. The van der Waals surface area contributed by atoms with E-state index < -0.39 is 29.8 Å². The largest absolute Gasteiger partial charge is 0.488 e. The lowest BCUT2D eigenvalue weighted by Crippen LogP contribution is -2.49. The Morgan fingerprint density at radius 3 is 2.75 bits per heavy atom. The van der Waals surface area contributed by atoms with Crippen molar-refractivity contribution in [1.29, 1.82) is 0 Å². The molecule has 2 aromatic heterocycles. The van der Waals surface area contributed by atoms with E-state index in [1.54, 1.807) is 27.0 Å². The molecule has 3 aromatic rings. The van der Waals surface area contributed by atoms with E-state index in [0.29, 0.717) is 15.6 Å². The van der Waals surface area contributed by atoms with Crippen molar-refractivity contribution in [3.05, 3.63) is 41.3 Å². The summed E-state index contributed by atoms with van der Waals surface area (Å²) in [5, 5.41) is 22.6. The molecule has 1 amide bonds. The fourth-order valence-corrected chi connectivity index (χ4v) is 5.32. The van der Waals surface area contributed by atoms with E-state index in [1.807, 2.05) is 26.0 Å². The highest BCUT2D eigenvalue weighted by molar-refractivity contribution is 7.18. The van der Waals surface area contributed by atoms with E-state index in [4.69, 9.17) is 21.1 Å². The fourth-order valence-electron chi connectivity index (χ4n) is 4.15. The van der Waals surface area contributed by atoms with Gasteiger partial charge < -0.3 is 19.9 Å². The fraction of sp³-hybridized carbons (Fsp3) is 0.417. The first-order valence-corrected chi connectivity index (χ1v) is 12.5. The van der Waals surface area contributed by atoms with Crippen LogP contribution in [0.15, 0.2) is 30.5 Å². The van der Waals surface area contributed by atoms with Gasteiger partial charge in [-0.25, -0.2) is 14.2 Å². The standard InChI is InChI=1S/C24H27ClFN5O4S/c1-12(2)28-20-8-14(6-7-27-20)21-29-30-22(36-21)15-9-17(26)19(10-16(15)25)34-11-18-13(3)35-24(4,5)31(18)23(32)33/h6-10,12-13,18H,11H2,1-5H3,(H,27,28)(H,32,33). The average Bonchev–Trinajstić information content (AvgIpc) is 3.35. The smallest absolute Gasteiger partial charge is 0.410 e. The zero-order chi connectivity index (χ0) is 26.2. The third-order valence-corrected chi connectivity index (χ3v) is 6.98. The third-order valence-electron chi connectivity index (χ3n) is 5.66. The molecule has 0 saturated carbocycles. The van der Waals surface area contributed by atoms with Crippen LogP contribution in [0.4, 0.5) is 15.0 Å². The van der Waals surface area contributed by atoms with Crippen molar-refractivity contribution in [2.24, 2.45) is 0 Å². The minimum Gasteiger partial charge on any atom is -0.488 e. The van der Waals surface area contributed by atoms with Crippen LogP contribution >= 0.6 is 22.9 Å². The molecule has 2 atom stereocenters. The van der Waals surface area contributed by atoms with Crippen LogP contribution in [-0.4, -0.2) is 61.8 Å². The lowest BCUT2D eigenvalue weighted by atomic mass is 10.1. The van der Waals surface area contributed by atoms with Crippen molar-refractivity contribution in [2.75, 3.05) is 11.9 Å². The third kappa shape index (κ3) is 5.37. The molecule has 1 aliphatic heterocycles. The second-order valence-electron chi connectivity index (χ2n) is 9.20.